The second-order valence-corrected chi connectivity index (χ2v) is 4.87. The van der Waals surface area contributed by atoms with Crippen molar-refractivity contribution in [3.63, 3.8) is 0 Å². The lowest BCUT2D eigenvalue weighted by Gasteiger charge is -2.28. The molecular formula is C14H22N2O3. The highest BCUT2D eigenvalue weighted by atomic mass is 16.6. The fraction of sp³-hybridized carbons (Fsp3) is 0.571. The van der Waals surface area contributed by atoms with Gasteiger partial charge in [0, 0.05) is 29.8 Å². The molecule has 0 radical (unpaired) electrons. The number of rotatable bonds is 7. The second kappa shape index (κ2) is 6.52. The van der Waals surface area contributed by atoms with E-state index in [-0.39, 0.29) is 16.1 Å². The predicted molar refractivity (Wildman–Crippen MR) is 75.5 cm³/mol. The van der Waals surface area contributed by atoms with E-state index in [1.807, 2.05) is 0 Å². The van der Waals surface area contributed by atoms with Gasteiger partial charge < -0.3 is 10.1 Å². The summed E-state index contributed by atoms with van der Waals surface area (Å²) in [6, 6.07) is 4.67. The summed E-state index contributed by atoms with van der Waals surface area (Å²) >= 11 is 0. The molecule has 0 aliphatic rings. The first-order valence-corrected chi connectivity index (χ1v) is 6.52. The van der Waals surface area contributed by atoms with Crippen LogP contribution in [0.1, 0.15) is 39.2 Å². The summed E-state index contributed by atoms with van der Waals surface area (Å²) in [6.07, 6.45) is 2.00. The van der Waals surface area contributed by atoms with Crippen LogP contribution in [0.2, 0.25) is 0 Å². The van der Waals surface area contributed by atoms with Crippen LogP contribution in [0.5, 0.6) is 5.75 Å². The fourth-order valence-electron chi connectivity index (χ4n) is 1.83. The number of nitro benzene ring substituents is 1. The third-order valence-corrected chi connectivity index (χ3v) is 3.74. The number of nitrogens with zero attached hydrogens (tertiary/aromatic N) is 1. The molecule has 0 saturated carbocycles. The maximum Gasteiger partial charge on any atom is 0.270 e. The van der Waals surface area contributed by atoms with Crippen LogP contribution in [-0.2, 0) is 6.54 Å². The Morgan fingerprint density at radius 1 is 1.37 bits per heavy atom. The quantitative estimate of drug-likeness (QED) is 0.607. The molecule has 5 nitrogen and oxygen atoms in total. The normalized spacial score (nSPS) is 11.4. The average molecular weight is 266 g/mol. The maximum absolute atomic E-state index is 10.8. The fourth-order valence-corrected chi connectivity index (χ4v) is 1.83. The van der Waals surface area contributed by atoms with E-state index in [4.69, 9.17) is 4.74 Å². The Morgan fingerprint density at radius 2 is 2.00 bits per heavy atom. The number of benzene rings is 1. The van der Waals surface area contributed by atoms with E-state index in [0.29, 0.717) is 12.3 Å². The highest BCUT2D eigenvalue weighted by Crippen LogP contribution is 2.25. The summed E-state index contributed by atoms with van der Waals surface area (Å²) in [5.74, 6) is 0.674. The Labute approximate surface area is 114 Å². The van der Waals surface area contributed by atoms with Crippen LogP contribution in [0.25, 0.3) is 0 Å². The first kappa shape index (κ1) is 15.4. The number of non-ortho nitro benzene ring substituents is 1. The highest BCUT2D eigenvalue weighted by molar-refractivity contribution is 5.43. The lowest BCUT2D eigenvalue weighted by atomic mass is 9.95. The zero-order valence-electron chi connectivity index (χ0n) is 12.0. The van der Waals surface area contributed by atoms with Crippen molar-refractivity contribution in [1.82, 2.24) is 5.32 Å². The van der Waals surface area contributed by atoms with Gasteiger partial charge in [0.25, 0.3) is 5.69 Å². The molecule has 0 amide bonds. The average Bonchev–Trinajstić information content (AvgIpc) is 2.44. The van der Waals surface area contributed by atoms with Crippen LogP contribution in [-0.4, -0.2) is 17.6 Å². The summed E-state index contributed by atoms with van der Waals surface area (Å²) in [5.41, 5.74) is 0.937. The largest absolute Gasteiger partial charge is 0.496 e. The zero-order valence-corrected chi connectivity index (χ0v) is 12.0. The Bertz CT molecular complexity index is 442. The van der Waals surface area contributed by atoms with Crippen LogP contribution < -0.4 is 10.1 Å². The molecule has 0 bridgehead atoms. The Balaban J connectivity index is 2.92. The van der Waals surface area contributed by atoms with Gasteiger partial charge in [-0.3, -0.25) is 10.1 Å². The van der Waals surface area contributed by atoms with Crippen LogP contribution in [0, 0.1) is 10.1 Å². The molecule has 1 rings (SSSR count). The molecule has 0 aliphatic heterocycles. The van der Waals surface area contributed by atoms with Gasteiger partial charge in [0.15, 0.2) is 0 Å². The van der Waals surface area contributed by atoms with Crippen molar-refractivity contribution in [2.24, 2.45) is 0 Å². The Morgan fingerprint density at radius 3 is 2.47 bits per heavy atom. The van der Waals surface area contributed by atoms with Gasteiger partial charge in [-0.2, -0.15) is 0 Å². The first-order valence-electron chi connectivity index (χ1n) is 6.52. The number of ether oxygens (including phenoxy) is 1. The molecule has 0 aliphatic carbocycles. The lowest BCUT2D eigenvalue weighted by molar-refractivity contribution is -0.384. The second-order valence-electron chi connectivity index (χ2n) is 4.87. The number of nitro groups is 1. The number of hydrogen-bond acceptors (Lipinski definition) is 4. The monoisotopic (exact) mass is 266 g/mol. The van der Waals surface area contributed by atoms with E-state index >= 15 is 0 Å². The SMILES string of the molecule is CCC(C)(CC)NCc1cc([N+](=O)[O-])ccc1OC. The molecule has 0 saturated heterocycles. The number of methoxy groups -OCH3 is 1. The molecule has 0 spiro atoms. The molecular weight excluding hydrogens is 244 g/mol. The van der Waals surface area contributed by atoms with Crippen LogP contribution in [0.4, 0.5) is 5.69 Å². The summed E-state index contributed by atoms with van der Waals surface area (Å²) in [4.78, 5) is 10.4. The molecule has 0 fully saturated rings. The van der Waals surface area contributed by atoms with Crippen LogP contribution in [0.3, 0.4) is 0 Å². The van der Waals surface area contributed by atoms with Crippen molar-refractivity contribution in [3.05, 3.63) is 33.9 Å². The lowest BCUT2D eigenvalue weighted by Crippen LogP contribution is -2.40. The van der Waals surface area contributed by atoms with Crippen LogP contribution in [0.15, 0.2) is 18.2 Å². The van der Waals surface area contributed by atoms with Gasteiger partial charge in [0.2, 0.25) is 0 Å². The van der Waals surface area contributed by atoms with Gasteiger partial charge in [-0.25, -0.2) is 0 Å². The van der Waals surface area contributed by atoms with Crippen molar-refractivity contribution in [2.75, 3.05) is 7.11 Å². The summed E-state index contributed by atoms with van der Waals surface area (Å²) in [5, 5.41) is 14.3. The van der Waals surface area contributed by atoms with Gasteiger partial charge in [0.1, 0.15) is 5.75 Å². The van der Waals surface area contributed by atoms with Crippen molar-refractivity contribution < 1.29 is 9.66 Å². The van der Waals surface area contributed by atoms with Gasteiger partial charge in [0.05, 0.1) is 12.0 Å². The standard InChI is InChI=1S/C14H22N2O3/c1-5-14(3,6-2)15-10-11-9-12(16(17)18)7-8-13(11)19-4/h7-9,15H,5-6,10H2,1-4H3. The summed E-state index contributed by atoms with van der Waals surface area (Å²) in [7, 11) is 1.57. The minimum absolute atomic E-state index is 0.0373. The Hall–Kier alpha value is -1.62. The molecule has 19 heavy (non-hydrogen) atoms. The van der Waals surface area contributed by atoms with E-state index in [1.165, 1.54) is 6.07 Å². The molecule has 0 heterocycles. The molecule has 1 aromatic carbocycles. The van der Waals surface area contributed by atoms with E-state index in [9.17, 15) is 10.1 Å². The summed E-state index contributed by atoms with van der Waals surface area (Å²) in [6.45, 7) is 6.96. The van der Waals surface area contributed by atoms with Crippen molar-refractivity contribution in [1.29, 1.82) is 0 Å². The van der Waals surface area contributed by atoms with Crippen molar-refractivity contribution >= 4 is 5.69 Å². The minimum atomic E-state index is -0.387. The molecule has 0 unspecified atom stereocenters. The minimum Gasteiger partial charge on any atom is -0.496 e. The number of nitrogens with one attached hydrogen (secondary N) is 1. The molecule has 1 N–H and O–H groups in total. The van der Waals surface area contributed by atoms with Crippen molar-refractivity contribution in [3.8, 4) is 5.75 Å². The third kappa shape index (κ3) is 3.92. The topological polar surface area (TPSA) is 64.4 Å². The molecule has 106 valence electrons. The predicted octanol–water partition coefficient (Wildman–Crippen LogP) is 3.27. The smallest absolute Gasteiger partial charge is 0.270 e. The van der Waals surface area contributed by atoms with Gasteiger partial charge in [-0.15, -0.1) is 0 Å². The van der Waals surface area contributed by atoms with Gasteiger partial charge in [-0.1, -0.05) is 13.8 Å². The van der Waals surface area contributed by atoms with E-state index in [0.717, 1.165) is 18.4 Å². The molecule has 0 atom stereocenters. The van der Waals surface area contributed by atoms with Gasteiger partial charge >= 0.3 is 0 Å². The molecule has 0 aromatic heterocycles. The van der Waals surface area contributed by atoms with E-state index in [1.54, 1.807) is 19.2 Å². The number of hydrogen-bond donors (Lipinski definition) is 1. The zero-order chi connectivity index (χ0) is 14.5. The summed E-state index contributed by atoms with van der Waals surface area (Å²) < 4.78 is 5.25. The van der Waals surface area contributed by atoms with E-state index in [2.05, 4.69) is 26.1 Å². The van der Waals surface area contributed by atoms with Crippen LogP contribution >= 0.6 is 0 Å². The van der Waals surface area contributed by atoms with Gasteiger partial charge in [-0.05, 0) is 25.8 Å². The Kier molecular flexibility index (Phi) is 5.30. The molecule has 5 heteroatoms. The van der Waals surface area contributed by atoms with E-state index < -0.39 is 0 Å². The molecule has 1 aromatic rings. The maximum atomic E-state index is 10.8. The highest BCUT2D eigenvalue weighted by Gasteiger charge is 2.20. The first-order chi connectivity index (χ1) is 8.95. The third-order valence-electron chi connectivity index (χ3n) is 3.74. The van der Waals surface area contributed by atoms with Crippen molar-refractivity contribution in [2.45, 2.75) is 45.7 Å².